The van der Waals surface area contributed by atoms with Gasteiger partial charge in [0.2, 0.25) is 11.8 Å². The minimum Gasteiger partial charge on any atom is -0.422 e. The van der Waals surface area contributed by atoms with Gasteiger partial charge in [-0.15, -0.1) is 21.5 Å². The number of benzene rings is 2. The van der Waals surface area contributed by atoms with E-state index in [-0.39, 0.29) is 28.4 Å². The summed E-state index contributed by atoms with van der Waals surface area (Å²) in [6.45, 7) is -0.744. The van der Waals surface area contributed by atoms with Gasteiger partial charge in [-0.05, 0) is 41.5 Å². The predicted octanol–water partition coefficient (Wildman–Crippen LogP) is 2.72. The van der Waals surface area contributed by atoms with Crippen molar-refractivity contribution in [2.45, 2.75) is 11.8 Å². The average Bonchev–Trinajstić information content (AvgIpc) is 3.46. The first-order valence-corrected chi connectivity index (χ1v) is 15.1. The SMILES string of the molecule is COCCS(=O)(=O)C(c1nnc(CNS(=O)(=O)OC(N)=O)o1)c1nc2ccc(-c3cc(F)cc(Cl)c3)cc2s1. The monoisotopic (exact) mass is 619 g/mol. The Balaban J connectivity index is 1.70. The van der Waals surface area contributed by atoms with Crippen molar-refractivity contribution in [3.05, 3.63) is 64.0 Å². The van der Waals surface area contributed by atoms with Crippen LogP contribution in [0.3, 0.4) is 0 Å². The largest absolute Gasteiger partial charge is 0.422 e. The van der Waals surface area contributed by atoms with E-state index >= 15 is 0 Å². The average molecular weight is 620 g/mol. The van der Waals surface area contributed by atoms with E-state index in [9.17, 15) is 26.0 Å². The molecule has 18 heteroatoms. The first-order valence-electron chi connectivity index (χ1n) is 10.7. The summed E-state index contributed by atoms with van der Waals surface area (Å²) in [5.41, 5.74) is 6.30. The van der Waals surface area contributed by atoms with Gasteiger partial charge in [0.15, 0.2) is 15.1 Å². The lowest BCUT2D eigenvalue weighted by atomic mass is 10.1. The number of carbonyl (C=O) groups excluding carboxylic acids is 1. The molecule has 2 aromatic carbocycles. The van der Waals surface area contributed by atoms with E-state index in [1.165, 1.54) is 19.2 Å². The van der Waals surface area contributed by atoms with Gasteiger partial charge in [0.05, 0.1) is 29.1 Å². The van der Waals surface area contributed by atoms with Crippen LogP contribution in [-0.2, 0) is 35.6 Å². The van der Waals surface area contributed by atoms with Crippen molar-refractivity contribution in [2.75, 3.05) is 19.5 Å². The summed E-state index contributed by atoms with van der Waals surface area (Å²) in [5, 5.41) is 6.29. The molecule has 1 atom stereocenters. The molecule has 4 rings (SSSR count). The molecule has 2 aromatic heterocycles. The number of thiazole rings is 1. The molecular formula is C21H19ClFN5O8S3. The van der Waals surface area contributed by atoms with Crippen LogP contribution in [0.25, 0.3) is 21.3 Å². The highest BCUT2D eigenvalue weighted by Gasteiger charge is 2.37. The summed E-state index contributed by atoms with van der Waals surface area (Å²) >= 11 is 7.02. The quantitative estimate of drug-likeness (QED) is 0.250. The smallest absolute Gasteiger partial charge is 0.421 e. The zero-order valence-corrected chi connectivity index (χ0v) is 23.0. The maximum Gasteiger partial charge on any atom is 0.421 e. The highest BCUT2D eigenvalue weighted by atomic mass is 35.5. The van der Waals surface area contributed by atoms with Gasteiger partial charge in [-0.1, -0.05) is 17.7 Å². The topological polar surface area (TPSA) is 194 Å². The lowest BCUT2D eigenvalue weighted by Crippen LogP contribution is -2.30. The molecule has 0 aliphatic rings. The Hall–Kier alpha value is -3.22. The maximum atomic E-state index is 13.9. The van der Waals surface area contributed by atoms with Crippen molar-refractivity contribution < 1.29 is 39.4 Å². The molecule has 0 bridgehead atoms. The second kappa shape index (κ2) is 11.5. The van der Waals surface area contributed by atoms with Crippen molar-refractivity contribution in [1.29, 1.82) is 0 Å². The zero-order valence-electron chi connectivity index (χ0n) is 19.8. The fraction of sp³-hybridized carbons (Fsp3) is 0.238. The van der Waals surface area contributed by atoms with Gasteiger partial charge in [-0.3, -0.25) is 0 Å². The van der Waals surface area contributed by atoms with Crippen molar-refractivity contribution in [2.24, 2.45) is 5.73 Å². The number of amides is 1. The van der Waals surface area contributed by atoms with Crippen molar-refractivity contribution in [1.82, 2.24) is 19.9 Å². The molecule has 0 fully saturated rings. The lowest BCUT2D eigenvalue weighted by Gasteiger charge is -2.11. The van der Waals surface area contributed by atoms with E-state index in [1.54, 1.807) is 24.3 Å². The third-order valence-electron chi connectivity index (χ3n) is 5.06. The molecule has 0 aliphatic carbocycles. The minimum atomic E-state index is -4.56. The number of nitrogens with one attached hydrogen (secondary N) is 1. The number of aromatic nitrogens is 3. The Labute approximate surface area is 230 Å². The zero-order chi connectivity index (χ0) is 28.4. The number of halogens is 2. The summed E-state index contributed by atoms with van der Waals surface area (Å²) in [6.07, 6.45) is -1.56. The maximum absolute atomic E-state index is 13.9. The number of rotatable bonds is 11. The number of nitrogens with two attached hydrogens (primary N) is 1. The Morgan fingerprint density at radius 3 is 2.64 bits per heavy atom. The second-order valence-corrected chi connectivity index (χ2v) is 12.9. The number of carbonyl (C=O) groups is 1. The molecular weight excluding hydrogens is 601 g/mol. The van der Waals surface area contributed by atoms with E-state index in [4.69, 9.17) is 26.5 Å². The van der Waals surface area contributed by atoms with Gasteiger partial charge in [0.1, 0.15) is 10.8 Å². The first-order chi connectivity index (χ1) is 18.4. The Morgan fingerprint density at radius 2 is 1.95 bits per heavy atom. The number of fused-ring (bicyclic) bond motifs is 1. The molecule has 0 spiro atoms. The molecule has 1 amide bonds. The Kier molecular flexibility index (Phi) is 8.48. The molecule has 0 radical (unpaired) electrons. The molecule has 2 heterocycles. The van der Waals surface area contributed by atoms with Crippen LogP contribution in [0.4, 0.5) is 9.18 Å². The van der Waals surface area contributed by atoms with Crippen LogP contribution in [-0.4, -0.2) is 57.6 Å². The van der Waals surface area contributed by atoms with Crippen molar-refractivity contribution >= 4 is 59.4 Å². The van der Waals surface area contributed by atoms with Crippen molar-refractivity contribution in [3.8, 4) is 11.1 Å². The molecule has 0 saturated heterocycles. The van der Waals surface area contributed by atoms with E-state index in [2.05, 4.69) is 19.4 Å². The number of sulfone groups is 1. The number of methoxy groups -OCH3 is 1. The predicted molar refractivity (Wildman–Crippen MR) is 138 cm³/mol. The number of primary amides is 1. The van der Waals surface area contributed by atoms with Gasteiger partial charge in [0.25, 0.3) is 0 Å². The summed E-state index contributed by atoms with van der Waals surface area (Å²) in [7, 11) is -7.24. The molecule has 0 aliphatic heterocycles. The van der Waals surface area contributed by atoms with Crippen LogP contribution in [0.1, 0.15) is 22.0 Å². The number of hydrogen-bond donors (Lipinski definition) is 2. The molecule has 39 heavy (non-hydrogen) atoms. The van der Waals surface area contributed by atoms with Gasteiger partial charge in [0, 0.05) is 12.1 Å². The fourth-order valence-corrected chi connectivity index (χ4v) is 7.18. The van der Waals surface area contributed by atoms with Crippen LogP contribution in [0.5, 0.6) is 0 Å². The second-order valence-electron chi connectivity index (χ2n) is 7.84. The van der Waals surface area contributed by atoms with Crippen LogP contribution in [0.15, 0.2) is 40.8 Å². The van der Waals surface area contributed by atoms with Crippen LogP contribution >= 0.6 is 22.9 Å². The van der Waals surface area contributed by atoms with E-state index in [0.717, 1.165) is 11.3 Å². The van der Waals surface area contributed by atoms with Gasteiger partial charge in [-0.2, -0.15) is 13.1 Å². The molecule has 208 valence electrons. The highest BCUT2D eigenvalue weighted by Crippen LogP contribution is 2.37. The fourth-order valence-electron chi connectivity index (χ4n) is 3.42. The Morgan fingerprint density at radius 1 is 1.18 bits per heavy atom. The van der Waals surface area contributed by atoms with Crippen LogP contribution in [0.2, 0.25) is 5.02 Å². The summed E-state index contributed by atoms with van der Waals surface area (Å²) < 4.78 is 80.5. The standard InChI is InChI=1S/C21H19ClFN5O8S3/c1-34-4-5-38(30,31)18(19-28-27-17(35-19)10-25-39(32,33)36-21(24)29)20-26-15-3-2-11(8-16(15)37-20)12-6-13(22)9-14(23)7-12/h2-3,6-9,18,25H,4-5,10H2,1H3,(H2,24,29). The van der Waals surface area contributed by atoms with E-state index < -0.39 is 49.6 Å². The molecule has 13 nitrogen and oxygen atoms in total. The molecule has 3 N–H and O–H groups in total. The number of hydrogen-bond acceptors (Lipinski definition) is 12. The third-order valence-corrected chi connectivity index (χ3v) is 9.27. The normalized spacial score (nSPS) is 13.0. The molecule has 0 saturated carbocycles. The van der Waals surface area contributed by atoms with E-state index in [1.807, 2.05) is 4.72 Å². The highest BCUT2D eigenvalue weighted by molar-refractivity contribution is 7.92. The van der Waals surface area contributed by atoms with Gasteiger partial charge >= 0.3 is 16.4 Å². The summed E-state index contributed by atoms with van der Waals surface area (Å²) in [6, 6.07) is 9.14. The summed E-state index contributed by atoms with van der Waals surface area (Å²) in [4.78, 5) is 15.2. The first kappa shape index (κ1) is 28.8. The third kappa shape index (κ3) is 7.06. The minimum absolute atomic E-state index is 0.100. The Bertz CT molecular complexity index is 1720. The number of ether oxygens (including phenoxy) is 1. The van der Waals surface area contributed by atoms with E-state index in [0.29, 0.717) is 21.3 Å². The van der Waals surface area contributed by atoms with Gasteiger partial charge < -0.3 is 19.1 Å². The summed E-state index contributed by atoms with van der Waals surface area (Å²) in [5.74, 6) is -1.61. The molecule has 4 aromatic rings. The lowest BCUT2D eigenvalue weighted by molar-refractivity contribution is 0.211. The van der Waals surface area contributed by atoms with Crippen LogP contribution < -0.4 is 10.5 Å². The molecule has 1 unspecified atom stereocenters. The van der Waals surface area contributed by atoms with Crippen molar-refractivity contribution in [3.63, 3.8) is 0 Å². The van der Waals surface area contributed by atoms with Crippen LogP contribution in [0, 0.1) is 5.82 Å². The number of nitrogens with zero attached hydrogens (tertiary/aromatic N) is 3. The van der Waals surface area contributed by atoms with Gasteiger partial charge in [-0.25, -0.2) is 22.6 Å².